The average Bonchev–Trinajstić information content (AvgIpc) is 2.40. The lowest BCUT2D eigenvalue weighted by atomic mass is 9.87. The summed E-state index contributed by atoms with van der Waals surface area (Å²) in [6, 6.07) is 0.237. The lowest BCUT2D eigenvalue weighted by molar-refractivity contribution is 0.243. The van der Waals surface area contributed by atoms with Crippen LogP contribution >= 0.6 is 0 Å². The first-order chi connectivity index (χ1) is 8.51. The topological polar surface area (TPSA) is 49.4 Å². The van der Waals surface area contributed by atoms with Crippen LogP contribution in [-0.4, -0.2) is 44.2 Å². The fourth-order valence-corrected chi connectivity index (χ4v) is 5.07. The molecule has 0 radical (unpaired) electrons. The molecule has 0 atom stereocenters. The van der Waals surface area contributed by atoms with Gasteiger partial charge in [-0.1, -0.05) is 6.92 Å². The Hall–Kier alpha value is -0.130. The molecule has 18 heavy (non-hydrogen) atoms. The molecule has 1 N–H and O–H groups in total. The van der Waals surface area contributed by atoms with E-state index in [0.29, 0.717) is 0 Å². The number of nitrogens with one attached hydrogen (secondary N) is 1. The van der Waals surface area contributed by atoms with E-state index in [9.17, 15) is 8.42 Å². The van der Waals surface area contributed by atoms with Crippen molar-refractivity contribution in [1.29, 1.82) is 0 Å². The van der Waals surface area contributed by atoms with Crippen LogP contribution in [-0.2, 0) is 10.0 Å². The van der Waals surface area contributed by atoms with Crippen molar-refractivity contribution in [2.45, 2.75) is 56.7 Å². The van der Waals surface area contributed by atoms with Gasteiger partial charge in [0.05, 0.1) is 5.25 Å². The second-order valence-corrected chi connectivity index (χ2v) is 8.20. The fraction of sp³-hybridized carbons (Fsp3) is 1.00. The first kappa shape index (κ1) is 14.3. The summed E-state index contributed by atoms with van der Waals surface area (Å²) in [6.45, 7) is 3.93. The van der Waals surface area contributed by atoms with E-state index in [-0.39, 0.29) is 11.3 Å². The maximum Gasteiger partial charge on any atom is 0.217 e. The van der Waals surface area contributed by atoms with Gasteiger partial charge in [-0.2, -0.15) is 0 Å². The van der Waals surface area contributed by atoms with E-state index >= 15 is 0 Å². The highest BCUT2D eigenvalue weighted by molar-refractivity contribution is 7.89. The Balaban J connectivity index is 2.00. The summed E-state index contributed by atoms with van der Waals surface area (Å²) >= 11 is 0. The molecular formula is C13H26N2O2S. The molecule has 2 fully saturated rings. The maximum absolute atomic E-state index is 12.6. The largest absolute Gasteiger partial charge is 0.317 e. The number of hydrogen-bond donors (Lipinski definition) is 1. The van der Waals surface area contributed by atoms with Gasteiger partial charge in [-0.3, -0.25) is 0 Å². The molecule has 0 aromatic heterocycles. The van der Waals surface area contributed by atoms with Gasteiger partial charge in [-0.05, 0) is 57.5 Å². The maximum atomic E-state index is 12.6. The van der Waals surface area contributed by atoms with Crippen LogP contribution in [0, 0.1) is 5.92 Å². The molecule has 0 amide bonds. The third-order valence-electron chi connectivity index (χ3n) is 4.61. The van der Waals surface area contributed by atoms with Gasteiger partial charge in [0.25, 0.3) is 0 Å². The van der Waals surface area contributed by atoms with Gasteiger partial charge in [0.1, 0.15) is 0 Å². The van der Waals surface area contributed by atoms with Crippen molar-refractivity contribution < 1.29 is 8.42 Å². The standard InChI is InChI=1S/C13H26N2O2S/c1-11-3-5-12(6-4-11)15(2)18(16,17)13-7-9-14-10-8-13/h11-14H,3-10H2,1-2H3. The van der Waals surface area contributed by atoms with Gasteiger partial charge in [-0.15, -0.1) is 0 Å². The van der Waals surface area contributed by atoms with Crippen LogP contribution in [0.2, 0.25) is 0 Å². The first-order valence-electron chi connectivity index (χ1n) is 7.19. The fourth-order valence-electron chi connectivity index (χ4n) is 3.14. The SMILES string of the molecule is CC1CCC(N(C)S(=O)(=O)C2CCNCC2)CC1. The Morgan fingerprint density at radius 2 is 1.56 bits per heavy atom. The van der Waals surface area contributed by atoms with E-state index < -0.39 is 10.0 Å². The highest BCUT2D eigenvalue weighted by Gasteiger charge is 2.35. The first-order valence-corrected chi connectivity index (χ1v) is 8.69. The van der Waals surface area contributed by atoms with Crippen molar-refractivity contribution in [3.05, 3.63) is 0 Å². The van der Waals surface area contributed by atoms with Crippen LogP contribution in [0.25, 0.3) is 0 Å². The van der Waals surface area contributed by atoms with Gasteiger partial charge in [0.2, 0.25) is 10.0 Å². The van der Waals surface area contributed by atoms with Gasteiger partial charge < -0.3 is 5.32 Å². The van der Waals surface area contributed by atoms with E-state index in [0.717, 1.165) is 57.5 Å². The highest BCUT2D eigenvalue weighted by atomic mass is 32.2. The molecule has 5 heteroatoms. The molecule has 106 valence electrons. The summed E-state index contributed by atoms with van der Waals surface area (Å²) in [4.78, 5) is 0. The molecule has 2 aliphatic rings. The van der Waals surface area contributed by atoms with Crippen LogP contribution in [0.3, 0.4) is 0 Å². The Labute approximate surface area is 111 Å². The number of hydrogen-bond acceptors (Lipinski definition) is 3. The Kier molecular flexibility index (Phi) is 4.67. The molecule has 0 aromatic rings. The third kappa shape index (κ3) is 3.06. The van der Waals surface area contributed by atoms with Crippen LogP contribution in [0.1, 0.15) is 45.4 Å². The number of piperidine rings is 1. The second-order valence-electron chi connectivity index (χ2n) is 5.92. The van der Waals surface area contributed by atoms with Crippen molar-refractivity contribution >= 4 is 10.0 Å². The number of rotatable bonds is 3. The zero-order valence-electron chi connectivity index (χ0n) is 11.6. The summed E-state index contributed by atoms with van der Waals surface area (Å²) in [7, 11) is -1.30. The molecule has 0 aromatic carbocycles. The van der Waals surface area contributed by atoms with Gasteiger partial charge in [0.15, 0.2) is 0 Å². The van der Waals surface area contributed by atoms with Crippen molar-refractivity contribution in [1.82, 2.24) is 9.62 Å². The molecule has 0 unspecified atom stereocenters. The molecular weight excluding hydrogens is 248 g/mol. The zero-order valence-corrected chi connectivity index (χ0v) is 12.4. The smallest absolute Gasteiger partial charge is 0.217 e. The van der Waals surface area contributed by atoms with Crippen molar-refractivity contribution in [3.63, 3.8) is 0 Å². The van der Waals surface area contributed by atoms with Crippen LogP contribution in [0.5, 0.6) is 0 Å². The van der Waals surface area contributed by atoms with E-state index in [2.05, 4.69) is 12.2 Å². The van der Waals surface area contributed by atoms with E-state index in [1.54, 1.807) is 11.4 Å². The third-order valence-corrected chi connectivity index (χ3v) is 7.02. The Morgan fingerprint density at radius 1 is 1.00 bits per heavy atom. The number of sulfonamides is 1. The molecule has 0 bridgehead atoms. The second kappa shape index (κ2) is 5.88. The minimum Gasteiger partial charge on any atom is -0.317 e. The van der Waals surface area contributed by atoms with Crippen LogP contribution < -0.4 is 5.32 Å². The van der Waals surface area contributed by atoms with Crippen LogP contribution in [0.4, 0.5) is 0 Å². The zero-order chi connectivity index (χ0) is 13.2. The van der Waals surface area contributed by atoms with Crippen molar-refractivity contribution in [2.75, 3.05) is 20.1 Å². The molecule has 1 saturated heterocycles. The summed E-state index contributed by atoms with van der Waals surface area (Å²) in [5.41, 5.74) is 0. The van der Waals surface area contributed by atoms with E-state index in [4.69, 9.17) is 0 Å². The van der Waals surface area contributed by atoms with E-state index in [1.807, 2.05) is 0 Å². The number of nitrogens with zero attached hydrogens (tertiary/aromatic N) is 1. The van der Waals surface area contributed by atoms with Crippen molar-refractivity contribution in [2.24, 2.45) is 5.92 Å². The monoisotopic (exact) mass is 274 g/mol. The Morgan fingerprint density at radius 3 is 2.11 bits per heavy atom. The molecule has 1 aliphatic heterocycles. The molecule has 1 aliphatic carbocycles. The normalized spacial score (nSPS) is 31.7. The molecule has 0 spiro atoms. The Bertz CT molecular complexity index is 355. The lowest BCUT2D eigenvalue weighted by Gasteiger charge is -2.36. The molecule has 2 rings (SSSR count). The summed E-state index contributed by atoms with van der Waals surface area (Å²) in [5, 5.41) is 3.06. The molecule has 4 nitrogen and oxygen atoms in total. The molecule has 1 heterocycles. The summed E-state index contributed by atoms with van der Waals surface area (Å²) < 4.78 is 26.8. The van der Waals surface area contributed by atoms with Gasteiger partial charge in [-0.25, -0.2) is 12.7 Å². The summed E-state index contributed by atoms with van der Waals surface area (Å²) in [6.07, 6.45) is 5.91. The molecule has 1 saturated carbocycles. The lowest BCUT2D eigenvalue weighted by Crippen LogP contribution is -2.47. The highest BCUT2D eigenvalue weighted by Crippen LogP contribution is 2.29. The predicted octanol–water partition coefficient (Wildman–Crippen LogP) is 1.58. The van der Waals surface area contributed by atoms with E-state index in [1.165, 1.54) is 0 Å². The predicted molar refractivity (Wildman–Crippen MR) is 74.0 cm³/mol. The average molecular weight is 274 g/mol. The van der Waals surface area contributed by atoms with Crippen LogP contribution in [0.15, 0.2) is 0 Å². The van der Waals surface area contributed by atoms with Gasteiger partial charge in [0, 0.05) is 13.1 Å². The van der Waals surface area contributed by atoms with Crippen molar-refractivity contribution in [3.8, 4) is 0 Å². The quantitative estimate of drug-likeness (QED) is 0.850. The van der Waals surface area contributed by atoms with Gasteiger partial charge >= 0.3 is 0 Å². The minimum absolute atomic E-state index is 0.164. The minimum atomic E-state index is -3.09. The summed E-state index contributed by atoms with van der Waals surface area (Å²) in [5.74, 6) is 0.760.